The van der Waals surface area contributed by atoms with Crippen LogP contribution in [0.3, 0.4) is 0 Å². The van der Waals surface area contributed by atoms with Gasteiger partial charge in [0.15, 0.2) is 0 Å². The highest BCUT2D eigenvalue weighted by molar-refractivity contribution is 9.00. The highest BCUT2D eigenvalue weighted by Crippen LogP contribution is 2.72. The molecule has 0 rings (SSSR count). The van der Waals surface area contributed by atoms with Gasteiger partial charge in [0.2, 0.25) is 0 Å². The van der Waals surface area contributed by atoms with Gasteiger partial charge in [-0.2, -0.15) is 0 Å². The van der Waals surface area contributed by atoms with Gasteiger partial charge < -0.3 is 0 Å². The second-order valence-electron chi connectivity index (χ2n) is 3.72. The number of rotatable bonds is 5. The molecule has 4 heteroatoms. The zero-order valence-corrected chi connectivity index (χ0v) is 12.2. The van der Waals surface area contributed by atoms with Crippen LogP contribution in [0.1, 0.15) is 27.7 Å². The van der Waals surface area contributed by atoms with Crippen LogP contribution in [-0.2, 0) is 11.8 Å². The van der Waals surface area contributed by atoms with Crippen molar-refractivity contribution in [1.82, 2.24) is 0 Å². The predicted molar refractivity (Wildman–Crippen MR) is 74.8 cm³/mol. The molecule has 0 heterocycles. The molecular weight excluding hydrogens is 235 g/mol. The monoisotopic (exact) mass is 254 g/mol. The molecular formula is C9H19PS3. The molecule has 0 aliphatic heterocycles. The number of hydrogen-bond donors (Lipinski definition) is 0. The Morgan fingerprint density at radius 2 is 2.00 bits per heavy atom. The lowest BCUT2D eigenvalue weighted by atomic mass is 10.3. The third-order valence-corrected chi connectivity index (χ3v) is 13.2. The Kier molecular flexibility index (Phi) is 6.34. The van der Waals surface area contributed by atoms with Crippen molar-refractivity contribution in [3.8, 4) is 0 Å². The van der Waals surface area contributed by atoms with Gasteiger partial charge in [-0.3, -0.25) is 0 Å². The van der Waals surface area contributed by atoms with Crippen LogP contribution < -0.4 is 0 Å². The summed E-state index contributed by atoms with van der Waals surface area (Å²) in [6.07, 6.45) is 3.08. The first-order valence-electron chi connectivity index (χ1n) is 4.38. The molecule has 1 unspecified atom stereocenters. The number of hydrogen-bond acceptors (Lipinski definition) is 3. The van der Waals surface area contributed by atoms with Crippen molar-refractivity contribution < 1.29 is 0 Å². The largest absolute Gasteiger partial charge is 0.110 e. The van der Waals surface area contributed by atoms with E-state index in [1.165, 1.54) is 0 Å². The van der Waals surface area contributed by atoms with E-state index in [9.17, 15) is 0 Å². The first kappa shape index (κ1) is 14.1. The SMILES string of the molecule is C=CCSP(=S)(CC)SC(C)(C)C. The molecule has 0 aliphatic carbocycles. The fourth-order valence-electron chi connectivity index (χ4n) is 0.766. The van der Waals surface area contributed by atoms with E-state index in [0.29, 0.717) is 4.75 Å². The lowest BCUT2D eigenvalue weighted by Crippen LogP contribution is -2.06. The summed E-state index contributed by atoms with van der Waals surface area (Å²) in [4.78, 5) is 0. The first-order chi connectivity index (χ1) is 5.83. The second-order valence-corrected chi connectivity index (χ2v) is 16.6. The van der Waals surface area contributed by atoms with Gasteiger partial charge in [0.1, 0.15) is 0 Å². The summed E-state index contributed by atoms with van der Waals surface area (Å²) in [6, 6.07) is 0. The Bertz CT molecular complexity index is 205. The molecule has 0 saturated heterocycles. The summed E-state index contributed by atoms with van der Waals surface area (Å²) in [6.45, 7) is 12.7. The maximum absolute atomic E-state index is 5.71. The Morgan fingerprint density at radius 1 is 1.46 bits per heavy atom. The van der Waals surface area contributed by atoms with E-state index < -0.39 is 4.44 Å². The molecule has 0 N–H and O–H groups in total. The molecule has 78 valence electrons. The van der Waals surface area contributed by atoms with Gasteiger partial charge in [-0.25, -0.2) is 0 Å². The molecule has 0 spiro atoms. The Labute approximate surface area is 95.8 Å². The van der Waals surface area contributed by atoms with Crippen molar-refractivity contribution in [2.75, 3.05) is 11.9 Å². The van der Waals surface area contributed by atoms with Crippen LogP contribution in [0, 0.1) is 0 Å². The van der Waals surface area contributed by atoms with Gasteiger partial charge in [-0.05, 0) is 6.16 Å². The highest BCUT2D eigenvalue weighted by Gasteiger charge is 2.23. The molecule has 0 bridgehead atoms. The quantitative estimate of drug-likeness (QED) is 0.512. The molecule has 0 aromatic rings. The topological polar surface area (TPSA) is 0 Å². The molecule has 1 atom stereocenters. The summed E-state index contributed by atoms with van der Waals surface area (Å²) in [7, 11) is 0. The molecule has 0 radical (unpaired) electrons. The van der Waals surface area contributed by atoms with Gasteiger partial charge >= 0.3 is 0 Å². The molecule has 0 nitrogen and oxygen atoms in total. The summed E-state index contributed by atoms with van der Waals surface area (Å²) in [5.41, 5.74) is 0. The van der Waals surface area contributed by atoms with E-state index in [4.69, 9.17) is 11.8 Å². The van der Waals surface area contributed by atoms with Crippen molar-refractivity contribution in [3.05, 3.63) is 12.7 Å². The Morgan fingerprint density at radius 3 is 2.31 bits per heavy atom. The van der Waals surface area contributed by atoms with Crippen molar-refractivity contribution >= 4 is 39.0 Å². The smallest absolute Gasteiger partial charge is 0.0577 e. The Balaban J connectivity index is 4.28. The average Bonchev–Trinajstić information content (AvgIpc) is 1.98. The van der Waals surface area contributed by atoms with Crippen LogP contribution in [0.4, 0.5) is 0 Å². The summed E-state index contributed by atoms with van der Waals surface area (Å²) >= 11 is 9.61. The maximum Gasteiger partial charge on any atom is 0.0577 e. The van der Waals surface area contributed by atoms with E-state index in [-0.39, 0.29) is 0 Å². The second kappa shape index (κ2) is 5.85. The third-order valence-electron chi connectivity index (χ3n) is 1.19. The Hall–Kier alpha value is 1.09. The normalized spacial score (nSPS) is 16.6. The zero-order valence-electron chi connectivity index (χ0n) is 8.87. The fraction of sp³-hybridized carbons (Fsp3) is 0.778. The van der Waals surface area contributed by atoms with Gasteiger partial charge in [0, 0.05) is 10.5 Å². The van der Waals surface area contributed by atoms with Crippen LogP contribution in [0.2, 0.25) is 0 Å². The summed E-state index contributed by atoms with van der Waals surface area (Å²) < 4.78 is -0.951. The molecule has 0 fully saturated rings. The zero-order chi connectivity index (χ0) is 10.5. The molecule has 0 aromatic carbocycles. The van der Waals surface area contributed by atoms with Crippen LogP contribution in [0.25, 0.3) is 0 Å². The minimum Gasteiger partial charge on any atom is -0.110 e. The lowest BCUT2D eigenvalue weighted by Gasteiger charge is -2.27. The van der Waals surface area contributed by atoms with Crippen LogP contribution in [0.15, 0.2) is 12.7 Å². The minimum atomic E-state index is -1.24. The van der Waals surface area contributed by atoms with E-state index >= 15 is 0 Å². The van der Waals surface area contributed by atoms with Crippen molar-refractivity contribution in [1.29, 1.82) is 0 Å². The molecule has 0 aliphatic rings. The van der Waals surface area contributed by atoms with Crippen molar-refractivity contribution in [2.45, 2.75) is 32.4 Å². The van der Waals surface area contributed by atoms with E-state index in [2.05, 4.69) is 34.3 Å². The van der Waals surface area contributed by atoms with Crippen LogP contribution >= 0.6 is 27.2 Å². The van der Waals surface area contributed by atoms with Gasteiger partial charge in [-0.15, -0.1) is 29.3 Å². The minimum absolute atomic E-state index is 0.291. The fourth-order valence-corrected chi connectivity index (χ4v) is 12.5. The summed E-state index contributed by atoms with van der Waals surface area (Å²) in [5.74, 6) is 0.994. The first-order valence-corrected chi connectivity index (χ1v) is 10.4. The van der Waals surface area contributed by atoms with E-state index in [1.807, 2.05) is 28.8 Å². The maximum atomic E-state index is 5.71. The lowest BCUT2D eigenvalue weighted by molar-refractivity contribution is 0.810. The average molecular weight is 254 g/mol. The van der Waals surface area contributed by atoms with Crippen molar-refractivity contribution in [2.24, 2.45) is 0 Å². The van der Waals surface area contributed by atoms with Gasteiger partial charge in [0.05, 0.1) is 4.44 Å². The van der Waals surface area contributed by atoms with Crippen molar-refractivity contribution in [3.63, 3.8) is 0 Å². The highest BCUT2D eigenvalue weighted by atomic mass is 33.2. The molecule has 0 amide bonds. The molecule has 13 heavy (non-hydrogen) atoms. The van der Waals surface area contributed by atoms with E-state index in [0.717, 1.165) is 11.9 Å². The summed E-state index contributed by atoms with van der Waals surface area (Å²) in [5, 5.41) is 0. The van der Waals surface area contributed by atoms with Gasteiger partial charge in [0.25, 0.3) is 0 Å². The van der Waals surface area contributed by atoms with Gasteiger partial charge in [-0.1, -0.05) is 45.6 Å². The van der Waals surface area contributed by atoms with Crippen LogP contribution in [-0.4, -0.2) is 16.7 Å². The van der Waals surface area contributed by atoms with Crippen LogP contribution in [0.5, 0.6) is 0 Å². The molecule has 0 aromatic heterocycles. The standard InChI is InChI=1S/C9H19PS3/c1-6-8-12-10(11,7-2)13-9(3,4)5/h6H,1,7-8H2,2-5H3. The van der Waals surface area contributed by atoms with E-state index in [1.54, 1.807) is 0 Å². The predicted octanol–water partition coefficient (Wildman–Crippen LogP) is 4.77. The third kappa shape index (κ3) is 7.07. The molecule has 0 saturated carbocycles.